The Kier molecular flexibility index (Phi) is 5.52. The molecule has 0 rings (SSSR count). The number of hydrogen-bond acceptors (Lipinski definition) is 3. The van der Waals surface area contributed by atoms with Crippen molar-refractivity contribution in [1.82, 2.24) is 5.32 Å². The Bertz CT molecular complexity index is 189. The molecule has 0 radical (unpaired) electrons. The first-order chi connectivity index (χ1) is 6.26. The minimum absolute atomic E-state index is 0.0304. The molecule has 84 valence electrons. The quantitative estimate of drug-likeness (QED) is 0.751. The third-order valence-corrected chi connectivity index (χ3v) is 2.80. The first-order valence-electron chi connectivity index (χ1n) is 4.84. The lowest BCUT2D eigenvalue weighted by molar-refractivity contribution is -0.121. The van der Waals surface area contributed by atoms with Gasteiger partial charge in [-0.2, -0.15) is 0 Å². The summed E-state index contributed by atoms with van der Waals surface area (Å²) in [6.07, 6.45) is 0. The van der Waals surface area contributed by atoms with Crippen LogP contribution >= 0.6 is 11.8 Å². The summed E-state index contributed by atoms with van der Waals surface area (Å²) in [6.45, 7) is 9.74. The van der Waals surface area contributed by atoms with E-state index in [0.717, 1.165) is 0 Å². The van der Waals surface area contributed by atoms with E-state index in [2.05, 4.69) is 5.32 Å². The van der Waals surface area contributed by atoms with Gasteiger partial charge < -0.3 is 10.4 Å². The molecule has 0 aromatic carbocycles. The van der Waals surface area contributed by atoms with Gasteiger partial charge in [0.25, 0.3) is 0 Å². The number of aliphatic hydroxyl groups excluding tert-OH is 1. The van der Waals surface area contributed by atoms with Crippen molar-refractivity contribution < 1.29 is 9.90 Å². The second-order valence-electron chi connectivity index (χ2n) is 4.51. The normalized spacial score (nSPS) is 16.1. The largest absolute Gasteiger partial charge is 0.395 e. The van der Waals surface area contributed by atoms with Crippen LogP contribution in [0.3, 0.4) is 0 Å². The van der Waals surface area contributed by atoms with Gasteiger partial charge in [-0.05, 0) is 27.7 Å². The zero-order valence-electron chi connectivity index (χ0n) is 9.63. The third kappa shape index (κ3) is 6.27. The smallest absolute Gasteiger partial charge is 0.233 e. The van der Waals surface area contributed by atoms with Gasteiger partial charge in [-0.25, -0.2) is 0 Å². The van der Waals surface area contributed by atoms with E-state index < -0.39 is 0 Å². The van der Waals surface area contributed by atoms with Gasteiger partial charge in [0.15, 0.2) is 0 Å². The molecule has 0 aliphatic rings. The predicted octanol–water partition coefficient (Wildman–Crippen LogP) is 1.40. The van der Waals surface area contributed by atoms with Crippen molar-refractivity contribution >= 4 is 17.7 Å². The summed E-state index contributed by atoms with van der Waals surface area (Å²) in [6, 6.07) is 0. The lowest BCUT2D eigenvalue weighted by Crippen LogP contribution is -2.44. The second kappa shape index (κ2) is 5.61. The lowest BCUT2D eigenvalue weighted by Gasteiger charge is -2.24. The van der Waals surface area contributed by atoms with Crippen molar-refractivity contribution in [3.8, 4) is 0 Å². The van der Waals surface area contributed by atoms with Gasteiger partial charge in [-0.1, -0.05) is 6.92 Å². The minimum atomic E-state index is -0.186. The van der Waals surface area contributed by atoms with Crippen LogP contribution in [0.1, 0.15) is 34.6 Å². The first kappa shape index (κ1) is 13.8. The Hall–Kier alpha value is -0.220. The topological polar surface area (TPSA) is 49.3 Å². The standard InChI is InChI=1S/C10H21NO2S/c1-7(6-12)14-8(2)9(13)11-10(3,4)5/h7-8,12H,6H2,1-5H3,(H,11,13). The van der Waals surface area contributed by atoms with Crippen LogP contribution in [0, 0.1) is 0 Å². The average molecular weight is 219 g/mol. The number of nitrogens with one attached hydrogen (secondary N) is 1. The molecule has 1 amide bonds. The summed E-state index contributed by atoms with van der Waals surface area (Å²) < 4.78 is 0. The fourth-order valence-electron chi connectivity index (χ4n) is 0.925. The Morgan fingerprint density at radius 1 is 1.43 bits per heavy atom. The van der Waals surface area contributed by atoms with Gasteiger partial charge in [0.05, 0.1) is 11.9 Å². The van der Waals surface area contributed by atoms with E-state index in [1.807, 2.05) is 34.6 Å². The van der Waals surface area contributed by atoms with Crippen molar-refractivity contribution in [3.05, 3.63) is 0 Å². The minimum Gasteiger partial charge on any atom is -0.395 e. The summed E-state index contributed by atoms with van der Waals surface area (Å²) in [7, 11) is 0. The summed E-state index contributed by atoms with van der Waals surface area (Å²) in [5, 5.41) is 11.7. The monoisotopic (exact) mass is 219 g/mol. The van der Waals surface area contributed by atoms with Crippen molar-refractivity contribution in [3.63, 3.8) is 0 Å². The Balaban J connectivity index is 4.00. The van der Waals surface area contributed by atoms with Crippen LogP contribution in [0.5, 0.6) is 0 Å². The zero-order valence-corrected chi connectivity index (χ0v) is 10.4. The van der Waals surface area contributed by atoms with Gasteiger partial charge in [-0.3, -0.25) is 4.79 Å². The van der Waals surface area contributed by atoms with Gasteiger partial charge in [0, 0.05) is 10.8 Å². The molecule has 2 N–H and O–H groups in total. The number of carbonyl (C=O) groups excluding carboxylic acids is 1. The molecular weight excluding hydrogens is 198 g/mol. The molecule has 0 aliphatic heterocycles. The Morgan fingerprint density at radius 2 is 1.93 bits per heavy atom. The number of carbonyl (C=O) groups is 1. The molecule has 0 spiro atoms. The molecule has 2 unspecified atom stereocenters. The second-order valence-corrected chi connectivity index (χ2v) is 6.29. The van der Waals surface area contributed by atoms with E-state index in [4.69, 9.17) is 5.11 Å². The van der Waals surface area contributed by atoms with Gasteiger partial charge >= 0.3 is 0 Å². The highest BCUT2D eigenvalue weighted by Crippen LogP contribution is 2.17. The van der Waals surface area contributed by atoms with Crippen LogP contribution in [-0.2, 0) is 4.79 Å². The molecule has 0 saturated carbocycles. The number of hydrogen-bond donors (Lipinski definition) is 2. The number of amides is 1. The summed E-state index contributed by atoms with van der Waals surface area (Å²) in [4.78, 5) is 11.6. The third-order valence-electron chi connectivity index (χ3n) is 1.56. The van der Waals surface area contributed by atoms with E-state index in [0.29, 0.717) is 0 Å². The number of aliphatic hydroxyl groups is 1. The molecule has 4 heteroatoms. The zero-order chi connectivity index (χ0) is 11.4. The predicted molar refractivity (Wildman–Crippen MR) is 61.5 cm³/mol. The molecule has 0 heterocycles. The molecule has 2 atom stereocenters. The maximum atomic E-state index is 11.6. The highest BCUT2D eigenvalue weighted by Gasteiger charge is 2.20. The molecule has 0 aromatic heterocycles. The van der Waals surface area contributed by atoms with E-state index in [-0.39, 0.29) is 28.6 Å². The maximum absolute atomic E-state index is 11.6. The molecule has 0 saturated heterocycles. The van der Waals surface area contributed by atoms with Gasteiger partial charge in [0.1, 0.15) is 0 Å². The summed E-state index contributed by atoms with van der Waals surface area (Å²) >= 11 is 1.49. The Labute approximate surface area is 90.7 Å². The first-order valence-corrected chi connectivity index (χ1v) is 5.79. The van der Waals surface area contributed by atoms with Crippen LogP contribution in [-0.4, -0.2) is 33.7 Å². The van der Waals surface area contributed by atoms with Crippen LogP contribution in [0.25, 0.3) is 0 Å². The van der Waals surface area contributed by atoms with Crippen LogP contribution in [0.4, 0.5) is 0 Å². The van der Waals surface area contributed by atoms with Gasteiger partial charge in [-0.15, -0.1) is 11.8 Å². The van der Waals surface area contributed by atoms with E-state index >= 15 is 0 Å². The number of rotatable bonds is 4. The fourth-order valence-corrected chi connectivity index (χ4v) is 1.89. The van der Waals surface area contributed by atoms with Crippen molar-refractivity contribution in [2.24, 2.45) is 0 Å². The van der Waals surface area contributed by atoms with Crippen LogP contribution in [0.2, 0.25) is 0 Å². The molecule has 0 aromatic rings. The molecule has 14 heavy (non-hydrogen) atoms. The van der Waals surface area contributed by atoms with Crippen molar-refractivity contribution in [1.29, 1.82) is 0 Å². The summed E-state index contributed by atoms with van der Waals surface area (Å²) in [5.74, 6) is 0.0304. The fraction of sp³-hybridized carbons (Fsp3) is 0.900. The van der Waals surface area contributed by atoms with Crippen molar-refractivity contribution in [2.45, 2.75) is 50.7 Å². The SMILES string of the molecule is CC(CO)SC(C)C(=O)NC(C)(C)C. The maximum Gasteiger partial charge on any atom is 0.233 e. The van der Waals surface area contributed by atoms with Crippen LogP contribution < -0.4 is 5.32 Å². The lowest BCUT2D eigenvalue weighted by atomic mass is 10.1. The molecule has 0 fully saturated rings. The highest BCUT2D eigenvalue weighted by molar-refractivity contribution is 8.01. The van der Waals surface area contributed by atoms with E-state index in [9.17, 15) is 4.79 Å². The van der Waals surface area contributed by atoms with Crippen molar-refractivity contribution in [2.75, 3.05) is 6.61 Å². The van der Waals surface area contributed by atoms with Crippen LogP contribution in [0.15, 0.2) is 0 Å². The van der Waals surface area contributed by atoms with Gasteiger partial charge in [0.2, 0.25) is 5.91 Å². The molecular formula is C10H21NO2S. The number of thioether (sulfide) groups is 1. The van der Waals surface area contributed by atoms with E-state index in [1.54, 1.807) is 0 Å². The highest BCUT2D eigenvalue weighted by atomic mass is 32.2. The van der Waals surface area contributed by atoms with E-state index in [1.165, 1.54) is 11.8 Å². The molecule has 0 aliphatic carbocycles. The summed E-state index contributed by atoms with van der Waals surface area (Å²) in [5.41, 5.74) is -0.186. The Morgan fingerprint density at radius 3 is 2.29 bits per heavy atom. The molecule has 3 nitrogen and oxygen atoms in total. The molecule has 0 bridgehead atoms. The average Bonchev–Trinajstić information content (AvgIpc) is 2.00.